The van der Waals surface area contributed by atoms with E-state index < -0.39 is 0 Å². The van der Waals surface area contributed by atoms with E-state index in [1.165, 1.54) is 51.4 Å². The minimum absolute atomic E-state index is 0.464. The zero-order chi connectivity index (χ0) is 14.9. The third-order valence-electron chi connectivity index (χ3n) is 5.11. The Morgan fingerprint density at radius 3 is 2.77 bits per heavy atom. The molecule has 2 heterocycles. The number of fused-ring (bicyclic) bond motifs is 1. The van der Waals surface area contributed by atoms with E-state index in [1.807, 2.05) is 16.6 Å². The highest BCUT2D eigenvalue weighted by molar-refractivity contribution is 5.44. The lowest BCUT2D eigenvalue weighted by atomic mass is 9.99. The Bertz CT molecular complexity index is 640. The van der Waals surface area contributed by atoms with Crippen LogP contribution >= 0.6 is 0 Å². The highest BCUT2D eigenvalue weighted by Crippen LogP contribution is 2.38. The van der Waals surface area contributed by atoms with Gasteiger partial charge in [0.25, 0.3) is 0 Å². The second-order valence-corrected chi connectivity index (χ2v) is 7.09. The van der Waals surface area contributed by atoms with Gasteiger partial charge in [-0.25, -0.2) is 0 Å². The fourth-order valence-electron chi connectivity index (χ4n) is 3.59. The van der Waals surface area contributed by atoms with E-state index in [0.29, 0.717) is 12.0 Å². The van der Waals surface area contributed by atoms with E-state index in [2.05, 4.69) is 22.4 Å². The van der Waals surface area contributed by atoms with Crippen LogP contribution in [0.25, 0.3) is 5.65 Å². The third kappa shape index (κ3) is 2.94. The van der Waals surface area contributed by atoms with Crippen molar-refractivity contribution in [2.24, 2.45) is 5.92 Å². The molecule has 118 valence electrons. The number of nitrogens with zero attached hydrogens (tertiary/aromatic N) is 4. The Morgan fingerprint density at radius 1 is 1.18 bits per heavy atom. The molecule has 22 heavy (non-hydrogen) atoms. The highest BCUT2D eigenvalue weighted by atomic mass is 15.4. The summed E-state index contributed by atoms with van der Waals surface area (Å²) in [6.45, 7) is 2.26. The first kappa shape index (κ1) is 14.0. The van der Waals surface area contributed by atoms with Gasteiger partial charge in [-0.2, -0.15) is 4.52 Å². The van der Waals surface area contributed by atoms with E-state index >= 15 is 0 Å². The molecule has 0 bridgehead atoms. The van der Waals surface area contributed by atoms with Crippen molar-refractivity contribution in [3.8, 4) is 0 Å². The molecular formula is C17H25N5. The Hall–Kier alpha value is -1.65. The van der Waals surface area contributed by atoms with Gasteiger partial charge in [0.1, 0.15) is 5.82 Å². The Balaban J connectivity index is 1.40. The molecule has 2 aliphatic carbocycles. The van der Waals surface area contributed by atoms with Crippen LogP contribution in [0.4, 0.5) is 5.82 Å². The largest absolute Gasteiger partial charge is 0.366 e. The van der Waals surface area contributed by atoms with Gasteiger partial charge in [-0.05, 0) is 50.7 Å². The predicted molar refractivity (Wildman–Crippen MR) is 87.0 cm³/mol. The molecule has 1 unspecified atom stereocenters. The lowest BCUT2D eigenvalue weighted by molar-refractivity contribution is 0.466. The van der Waals surface area contributed by atoms with E-state index in [-0.39, 0.29) is 0 Å². The van der Waals surface area contributed by atoms with Crippen LogP contribution in [0.15, 0.2) is 12.1 Å². The van der Waals surface area contributed by atoms with E-state index in [1.54, 1.807) is 0 Å². The van der Waals surface area contributed by atoms with Gasteiger partial charge in [0.15, 0.2) is 11.5 Å². The van der Waals surface area contributed by atoms with Crippen LogP contribution in [0.5, 0.6) is 0 Å². The average Bonchev–Trinajstić information content (AvgIpc) is 3.08. The predicted octanol–water partition coefficient (Wildman–Crippen LogP) is 3.77. The molecule has 0 saturated heterocycles. The van der Waals surface area contributed by atoms with Crippen molar-refractivity contribution in [3.05, 3.63) is 18.0 Å². The summed E-state index contributed by atoms with van der Waals surface area (Å²) in [4.78, 5) is 0. The van der Waals surface area contributed by atoms with E-state index in [0.717, 1.165) is 23.2 Å². The minimum atomic E-state index is 0.464. The molecule has 1 N–H and O–H groups in total. The first-order valence-corrected chi connectivity index (χ1v) is 8.78. The monoisotopic (exact) mass is 299 g/mol. The highest BCUT2D eigenvalue weighted by Gasteiger charge is 2.29. The molecule has 0 spiro atoms. The Labute approximate surface area is 131 Å². The van der Waals surface area contributed by atoms with Crippen molar-refractivity contribution in [1.82, 2.24) is 19.8 Å². The maximum absolute atomic E-state index is 4.70. The summed E-state index contributed by atoms with van der Waals surface area (Å²) in [7, 11) is 0. The summed E-state index contributed by atoms with van der Waals surface area (Å²) in [6, 6.07) is 4.50. The first-order valence-electron chi connectivity index (χ1n) is 8.78. The fourth-order valence-corrected chi connectivity index (χ4v) is 3.59. The zero-order valence-corrected chi connectivity index (χ0v) is 13.3. The SMILES string of the molecule is CC(CCC1CCCC1)Nc1ccc2nnc(C3CC3)n2n1. The van der Waals surface area contributed by atoms with Gasteiger partial charge in [-0.3, -0.25) is 0 Å². The molecule has 0 radical (unpaired) electrons. The molecule has 0 aliphatic heterocycles. The van der Waals surface area contributed by atoms with Crippen molar-refractivity contribution in [2.45, 2.75) is 70.3 Å². The van der Waals surface area contributed by atoms with Crippen molar-refractivity contribution in [2.75, 3.05) is 5.32 Å². The number of hydrogen-bond donors (Lipinski definition) is 1. The molecule has 5 nitrogen and oxygen atoms in total. The van der Waals surface area contributed by atoms with Crippen LogP contribution in [-0.4, -0.2) is 25.9 Å². The number of hydrogen-bond acceptors (Lipinski definition) is 4. The van der Waals surface area contributed by atoms with Crippen LogP contribution in [0.3, 0.4) is 0 Å². The molecule has 2 aliphatic rings. The molecule has 2 fully saturated rings. The van der Waals surface area contributed by atoms with Gasteiger partial charge in [0.05, 0.1) is 0 Å². The zero-order valence-electron chi connectivity index (χ0n) is 13.3. The number of aromatic nitrogens is 4. The minimum Gasteiger partial charge on any atom is -0.366 e. The van der Waals surface area contributed by atoms with Crippen molar-refractivity contribution < 1.29 is 0 Å². The van der Waals surface area contributed by atoms with Crippen LogP contribution in [0.2, 0.25) is 0 Å². The van der Waals surface area contributed by atoms with Gasteiger partial charge in [0, 0.05) is 12.0 Å². The molecule has 2 aromatic rings. The van der Waals surface area contributed by atoms with Crippen LogP contribution in [0, 0.1) is 5.92 Å². The van der Waals surface area contributed by atoms with E-state index in [9.17, 15) is 0 Å². The summed E-state index contributed by atoms with van der Waals surface area (Å²) < 4.78 is 1.92. The van der Waals surface area contributed by atoms with E-state index in [4.69, 9.17) is 5.10 Å². The molecule has 4 rings (SSSR count). The Kier molecular flexibility index (Phi) is 3.72. The number of rotatable bonds is 6. The molecule has 5 heteroatoms. The van der Waals surface area contributed by atoms with Crippen molar-refractivity contribution >= 4 is 11.5 Å². The summed E-state index contributed by atoms with van der Waals surface area (Å²) in [5.41, 5.74) is 0.853. The summed E-state index contributed by atoms with van der Waals surface area (Å²) in [6.07, 6.45) is 10.7. The van der Waals surface area contributed by atoms with Crippen LogP contribution in [0.1, 0.15) is 70.0 Å². The smallest absolute Gasteiger partial charge is 0.178 e. The number of nitrogens with one attached hydrogen (secondary N) is 1. The van der Waals surface area contributed by atoms with Crippen LogP contribution in [-0.2, 0) is 0 Å². The second kappa shape index (κ2) is 5.86. The van der Waals surface area contributed by atoms with Gasteiger partial charge in [0.2, 0.25) is 0 Å². The lowest BCUT2D eigenvalue weighted by Crippen LogP contribution is -2.18. The van der Waals surface area contributed by atoms with Crippen LogP contribution < -0.4 is 5.32 Å². The summed E-state index contributed by atoms with van der Waals surface area (Å²) in [5.74, 6) is 3.49. The molecule has 1 atom stereocenters. The molecule has 2 saturated carbocycles. The molecule has 2 aromatic heterocycles. The normalized spacial score (nSPS) is 20.6. The van der Waals surface area contributed by atoms with Crippen molar-refractivity contribution in [1.29, 1.82) is 0 Å². The van der Waals surface area contributed by atoms with Gasteiger partial charge < -0.3 is 5.32 Å². The van der Waals surface area contributed by atoms with Gasteiger partial charge in [-0.15, -0.1) is 15.3 Å². The van der Waals surface area contributed by atoms with Gasteiger partial charge in [-0.1, -0.05) is 25.7 Å². The topological polar surface area (TPSA) is 55.1 Å². The first-order chi connectivity index (χ1) is 10.8. The third-order valence-corrected chi connectivity index (χ3v) is 5.11. The van der Waals surface area contributed by atoms with Crippen molar-refractivity contribution in [3.63, 3.8) is 0 Å². The average molecular weight is 299 g/mol. The van der Waals surface area contributed by atoms with Gasteiger partial charge >= 0.3 is 0 Å². The fraction of sp³-hybridized carbons (Fsp3) is 0.706. The molecule has 0 aromatic carbocycles. The number of anilines is 1. The quantitative estimate of drug-likeness (QED) is 0.882. The maximum atomic E-state index is 4.70. The molecule has 0 amide bonds. The maximum Gasteiger partial charge on any atom is 0.178 e. The Morgan fingerprint density at radius 2 is 2.00 bits per heavy atom. The standard InChI is InChI=1S/C17H25N5/c1-12(6-7-13-4-2-3-5-13)18-15-10-11-16-19-20-17(14-8-9-14)22(16)21-15/h10-14H,2-9H2,1H3,(H,18,21). The summed E-state index contributed by atoms with van der Waals surface area (Å²) in [5, 5.41) is 16.7. The summed E-state index contributed by atoms with van der Waals surface area (Å²) >= 11 is 0. The molecular weight excluding hydrogens is 274 g/mol. The lowest BCUT2D eigenvalue weighted by Gasteiger charge is -2.16. The second-order valence-electron chi connectivity index (χ2n) is 7.09.